The van der Waals surface area contributed by atoms with E-state index in [1.165, 1.54) is 0 Å². The van der Waals surface area contributed by atoms with Gasteiger partial charge in [-0.2, -0.15) is 0 Å². The number of carbonyl (C=O) groups excluding carboxylic acids is 2. The highest BCUT2D eigenvalue weighted by Crippen LogP contribution is 2.24. The van der Waals surface area contributed by atoms with Gasteiger partial charge in [-0.05, 0) is 37.6 Å². The summed E-state index contributed by atoms with van der Waals surface area (Å²) >= 11 is 6.88. The molecule has 1 heterocycles. The van der Waals surface area contributed by atoms with E-state index >= 15 is 0 Å². The van der Waals surface area contributed by atoms with Crippen LogP contribution < -0.4 is 10.6 Å². The predicted molar refractivity (Wildman–Crippen MR) is 91.9 cm³/mol. The number of halogens is 1. The Bertz CT molecular complexity index is 705. The monoisotopic (exact) mass is 368 g/mol. The molecule has 2 rings (SSSR count). The number of imide groups is 1. The Kier molecular flexibility index (Phi) is 6.62. The number of nitrogens with one attached hydrogen (secondary N) is 2. The van der Waals surface area contributed by atoms with Crippen LogP contribution in [0.1, 0.15) is 20.3 Å². The van der Waals surface area contributed by atoms with Gasteiger partial charge in [-0.15, -0.1) is 10.2 Å². The van der Waals surface area contributed by atoms with Gasteiger partial charge in [0.1, 0.15) is 0 Å². The molecule has 2 aromatic rings. The third-order valence-electron chi connectivity index (χ3n) is 3.07. The zero-order valence-corrected chi connectivity index (χ0v) is 14.8. The fraction of sp³-hybridized carbons (Fsp3) is 0.333. The fourth-order valence-electron chi connectivity index (χ4n) is 1.63. The summed E-state index contributed by atoms with van der Waals surface area (Å²) in [4.78, 5) is 23.2. The number of hydrogen-bond donors (Lipinski definition) is 2. The molecule has 24 heavy (non-hydrogen) atoms. The normalized spacial score (nSPS) is 11.8. The van der Waals surface area contributed by atoms with Crippen molar-refractivity contribution < 1.29 is 14.0 Å². The van der Waals surface area contributed by atoms with Crippen LogP contribution in [0.4, 0.5) is 4.79 Å². The molecule has 0 saturated carbocycles. The van der Waals surface area contributed by atoms with E-state index in [-0.39, 0.29) is 17.0 Å². The van der Waals surface area contributed by atoms with Gasteiger partial charge in [-0.1, -0.05) is 30.3 Å². The summed E-state index contributed by atoms with van der Waals surface area (Å²) < 4.78 is 5.46. The molecule has 0 saturated heterocycles. The maximum Gasteiger partial charge on any atom is 0.321 e. The third kappa shape index (κ3) is 5.54. The quantitative estimate of drug-likeness (QED) is 0.760. The van der Waals surface area contributed by atoms with Crippen LogP contribution in [0.3, 0.4) is 0 Å². The summed E-state index contributed by atoms with van der Waals surface area (Å²) in [6, 6.07) is 6.45. The van der Waals surface area contributed by atoms with Crippen molar-refractivity contribution in [3.05, 3.63) is 29.3 Å². The van der Waals surface area contributed by atoms with Crippen molar-refractivity contribution in [3.63, 3.8) is 0 Å². The van der Waals surface area contributed by atoms with E-state index in [1.54, 1.807) is 24.3 Å². The van der Waals surface area contributed by atoms with E-state index < -0.39 is 11.9 Å². The molecular formula is C15H17ClN4O3S. The zero-order valence-electron chi connectivity index (χ0n) is 13.2. The van der Waals surface area contributed by atoms with Gasteiger partial charge in [0.05, 0.1) is 5.75 Å². The van der Waals surface area contributed by atoms with Crippen LogP contribution in [0, 0.1) is 0 Å². The molecule has 0 aliphatic rings. The molecule has 1 atom stereocenters. The molecule has 0 bridgehead atoms. The fourth-order valence-corrected chi connectivity index (χ4v) is 2.32. The second-order valence-electron chi connectivity index (χ2n) is 5.00. The van der Waals surface area contributed by atoms with Crippen molar-refractivity contribution in [3.8, 4) is 11.5 Å². The lowest BCUT2D eigenvalue weighted by molar-refractivity contribution is -0.117. The SMILES string of the molecule is CC[C@@H](C)NC(=O)NC(=O)CSc1nnc(-c2ccc(Cl)cc2)o1. The first kappa shape index (κ1) is 18.3. The largest absolute Gasteiger partial charge is 0.411 e. The first-order valence-electron chi connectivity index (χ1n) is 7.30. The first-order chi connectivity index (χ1) is 11.5. The number of thioether (sulfide) groups is 1. The average Bonchev–Trinajstić information content (AvgIpc) is 3.02. The Morgan fingerprint density at radius 2 is 2.00 bits per heavy atom. The van der Waals surface area contributed by atoms with Crippen LogP contribution >= 0.6 is 23.4 Å². The molecule has 7 nitrogen and oxygen atoms in total. The average molecular weight is 369 g/mol. The molecule has 1 aromatic carbocycles. The molecule has 0 radical (unpaired) electrons. The van der Waals surface area contributed by atoms with E-state index in [9.17, 15) is 9.59 Å². The number of benzene rings is 1. The molecule has 2 N–H and O–H groups in total. The molecule has 0 fully saturated rings. The first-order valence-corrected chi connectivity index (χ1v) is 8.67. The minimum absolute atomic E-state index is 0.00308. The van der Waals surface area contributed by atoms with E-state index in [2.05, 4.69) is 20.8 Å². The molecule has 0 aliphatic carbocycles. The van der Waals surface area contributed by atoms with Crippen molar-refractivity contribution in [1.82, 2.24) is 20.8 Å². The molecule has 9 heteroatoms. The smallest absolute Gasteiger partial charge is 0.321 e. The summed E-state index contributed by atoms with van der Waals surface area (Å²) in [5.41, 5.74) is 0.733. The lowest BCUT2D eigenvalue weighted by Crippen LogP contribution is -2.43. The van der Waals surface area contributed by atoms with Gasteiger partial charge < -0.3 is 9.73 Å². The Morgan fingerprint density at radius 3 is 2.67 bits per heavy atom. The maximum atomic E-state index is 11.7. The van der Waals surface area contributed by atoms with Crippen LogP contribution in [0.25, 0.3) is 11.5 Å². The standard InChI is InChI=1S/C15H17ClN4O3S/c1-3-9(2)17-14(22)18-12(21)8-24-15-20-19-13(23-15)10-4-6-11(16)7-5-10/h4-7,9H,3,8H2,1-2H3,(H2,17,18,21,22)/t9-/m1/s1. The van der Waals surface area contributed by atoms with E-state index in [0.29, 0.717) is 10.9 Å². The van der Waals surface area contributed by atoms with Crippen molar-refractivity contribution in [2.45, 2.75) is 31.5 Å². The van der Waals surface area contributed by atoms with Crippen molar-refractivity contribution >= 4 is 35.3 Å². The Morgan fingerprint density at radius 1 is 1.29 bits per heavy atom. The molecule has 0 aliphatic heterocycles. The number of rotatable bonds is 6. The molecule has 128 valence electrons. The highest BCUT2D eigenvalue weighted by molar-refractivity contribution is 7.99. The second kappa shape index (κ2) is 8.70. The van der Waals surface area contributed by atoms with Crippen LogP contribution in [-0.2, 0) is 4.79 Å². The summed E-state index contributed by atoms with van der Waals surface area (Å²) in [5.74, 6) is -0.105. The number of nitrogens with zero attached hydrogens (tertiary/aromatic N) is 2. The Labute approximate surface area is 148 Å². The van der Waals surface area contributed by atoms with Crippen molar-refractivity contribution in [2.24, 2.45) is 0 Å². The minimum atomic E-state index is -0.512. The van der Waals surface area contributed by atoms with Gasteiger partial charge in [0.25, 0.3) is 5.22 Å². The van der Waals surface area contributed by atoms with Gasteiger partial charge in [0, 0.05) is 16.6 Å². The number of urea groups is 1. The maximum absolute atomic E-state index is 11.7. The lowest BCUT2D eigenvalue weighted by Gasteiger charge is -2.11. The highest BCUT2D eigenvalue weighted by Gasteiger charge is 2.13. The summed E-state index contributed by atoms with van der Waals surface area (Å²) in [5, 5.41) is 13.5. The van der Waals surface area contributed by atoms with Crippen LogP contribution in [0.15, 0.2) is 33.9 Å². The summed E-state index contributed by atoms with van der Waals surface area (Å²) in [6.45, 7) is 3.80. The van der Waals surface area contributed by atoms with E-state index in [1.807, 2.05) is 13.8 Å². The topological polar surface area (TPSA) is 97.1 Å². The molecular weight excluding hydrogens is 352 g/mol. The number of aromatic nitrogens is 2. The number of carbonyl (C=O) groups is 2. The lowest BCUT2D eigenvalue weighted by atomic mass is 10.2. The highest BCUT2D eigenvalue weighted by atomic mass is 35.5. The minimum Gasteiger partial charge on any atom is -0.411 e. The second-order valence-corrected chi connectivity index (χ2v) is 6.36. The van der Waals surface area contributed by atoms with Gasteiger partial charge in [0.15, 0.2) is 0 Å². The summed E-state index contributed by atoms with van der Waals surface area (Å²) in [6.07, 6.45) is 0.784. The number of hydrogen-bond acceptors (Lipinski definition) is 6. The third-order valence-corrected chi connectivity index (χ3v) is 4.14. The van der Waals surface area contributed by atoms with Crippen molar-refractivity contribution in [1.29, 1.82) is 0 Å². The van der Waals surface area contributed by atoms with Gasteiger partial charge in [-0.25, -0.2) is 4.79 Å². The molecule has 0 spiro atoms. The van der Waals surface area contributed by atoms with E-state index in [0.717, 1.165) is 23.7 Å². The van der Waals surface area contributed by atoms with Crippen LogP contribution in [0.5, 0.6) is 0 Å². The van der Waals surface area contributed by atoms with Crippen molar-refractivity contribution in [2.75, 3.05) is 5.75 Å². The Hall–Kier alpha value is -2.06. The van der Waals surface area contributed by atoms with Crippen LogP contribution in [0.2, 0.25) is 5.02 Å². The molecule has 0 unspecified atom stereocenters. The predicted octanol–water partition coefficient (Wildman–Crippen LogP) is 3.11. The van der Waals surface area contributed by atoms with Gasteiger partial charge >= 0.3 is 6.03 Å². The zero-order chi connectivity index (χ0) is 17.5. The van der Waals surface area contributed by atoms with Gasteiger partial charge in [-0.3, -0.25) is 10.1 Å². The van der Waals surface area contributed by atoms with E-state index in [4.69, 9.17) is 16.0 Å². The Balaban J connectivity index is 1.83. The molecule has 3 amide bonds. The molecule has 1 aromatic heterocycles. The van der Waals surface area contributed by atoms with Crippen LogP contribution in [-0.4, -0.2) is 33.9 Å². The van der Waals surface area contributed by atoms with Gasteiger partial charge in [0.2, 0.25) is 11.8 Å². The number of amides is 3. The summed E-state index contributed by atoms with van der Waals surface area (Å²) in [7, 11) is 0.